The molecule has 7 nitrogen and oxygen atoms in total. The Labute approximate surface area is 146 Å². The summed E-state index contributed by atoms with van der Waals surface area (Å²) in [7, 11) is 1.62. The molecule has 26 heavy (non-hydrogen) atoms. The van der Waals surface area contributed by atoms with Gasteiger partial charge in [0.25, 0.3) is 0 Å². The van der Waals surface area contributed by atoms with Gasteiger partial charge < -0.3 is 4.74 Å². The van der Waals surface area contributed by atoms with Crippen LogP contribution in [0.25, 0.3) is 5.82 Å². The van der Waals surface area contributed by atoms with Crippen LogP contribution in [0.15, 0.2) is 30.6 Å². The van der Waals surface area contributed by atoms with Crippen molar-refractivity contribution in [3.05, 3.63) is 53.1 Å². The summed E-state index contributed by atoms with van der Waals surface area (Å²) in [5.74, 6) is 0.544. The average Bonchev–Trinajstić information content (AvgIpc) is 3.14. The SMILES string of the molecule is Cc1nn(-c2ccc(C(F)(F)F)cn2)cc1COc1cc(C=O)n(C)n1. The van der Waals surface area contributed by atoms with Crippen LogP contribution in [0.3, 0.4) is 0 Å². The van der Waals surface area contributed by atoms with Gasteiger partial charge in [-0.15, -0.1) is 5.10 Å². The number of halogens is 3. The van der Waals surface area contributed by atoms with E-state index in [1.54, 1.807) is 20.2 Å². The highest BCUT2D eigenvalue weighted by atomic mass is 19.4. The molecule has 0 amide bonds. The summed E-state index contributed by atoms with van der Waals surface area (Å²) in [6, 6.07) is 3.70. The second-order valence-electron chi connectivity index (χ2n) is 5.52. The summed E-state index contributed by atoms with van der Waals surface area (Å²) in [6.07, 6.45) is -1.39. The van der Waals surface area contributed by atoms with Crippen molar-refractivity contribution < 1.29 is 22.7 Å². The van der Waals surface area contributed by atoms with Gasteiger partial charge in [-0.25, -0.2) is 9.67 Å². The van der Waals surface area contributed by atoms with Crippen molar-refractivity contribution in [2.75, 3.05) is 0 Å². The molecule has 0 saturated heterocycles. The summed E-state index contributed by atoms with van der Waals surface area (Å²) < 4.78 is 46.1. The highest BCUT2D eigenvalue weighted by Crippen LogP contribution is 2.28. The molecule has 3 heterocycles. The van der Waals surface area contributed by atoms with Crippen LogP contribution in [0.5, 0.6) is 5.88 Å². The van der Waals surface area contributed by atoms with Crippen LogP contribution in [0.1, 0.15) is 27.3 Å². The van der Waals surface area contributed by atoms with Gasteiger partial charge >= 0.3 is 6.18 Å². The van der Waals surface area contributed by atoms with Gasteiger partial charge in [0.1, 0.15) is 12.3 Å². The first-order valence-electron chi connectivity index (χ1n) is 7.48. The van der Waals surface area contributed by atoms with Gasteiger partial charge in [-0.3, -0.25) is 9.48 Å². The molecule has 0 saturated carbocycles. The maximum Gasteiger partial charge on any atom is 0.417 e. The molecular formula is C16H14F3N5O2. The molecule has 0 bridgehead atoms. The van der Waals surface area contributed by atoms with Crippen LogP contribution in [-0.2, 0) is 19.8 Å². The number of pyridine rings is 1. The molecule has 0 unspecified atom stereocenters. The second-order valence-corrected chi connectivity index (χ2v) is 5.52. The molecule has 0 aliphatic rings. The van der Waals surface area contributed by atoms with Gasteiger partial charge in [0, 0.05) is 31.1 Å². The first kappa shape index (κ1) is 17.6. The zero-order valence-corrected chi connectivity index (χ0v) is 13.9. The van der Waals surface area contributed by atoms with E-state index in [0.29, 0.717) is 23.2 Å². The molecule has 0 atom stereocenters. The third kappa shape index (κ3) is 3.58. The van der Waals surface area contributed by atoms with E-state index >= 15 is 0 Å². The Morgan fingerprint density at radius 1 is 1.27 bits per heavy atom. The molecule has 136 valence electrons. The predicted molar refractivity (Wildman–Crippen MR) is 84.0 cm³/mol. The number of nitrogens with zero attached hydrogens (tertiary/aromatic N) is 5. The van der Waals surface area contributed by atoms with Crippen molar-refractivity contribution >= 4 is 6.29 Å². The largest absolute Gasteiger partial charge is 0.472 e. The normalized spacial score (nSPS) is 11.6. The zero-order valence-electron chi connectivity index (χ0n) is 13.9. The van der Waals surface area contributed by atoms with Crippen LogP contribution in [0.4, 0.5) is 13.2 Å². The quantitative estimate of drug-likeness (QED) is 0.650. The van der Waals surface area contributed by atoms with Gasteiger partial charge in [0.15, 0.2) is 12.1 Å². The smallest absolute Gasteiger partial charge is 0.417 e. The number of ether oxygens (including phenoxy) is 1. The van der Waals surface area contributed by atoms with E-state index in [2.05, 4.69) is 15.2 Å². The molecule has 0 aromatic carbocycles. The van der Waals surface area contributed by atoms with Crippen molar-refractivity contribution in [3.8, 4) is 11.7 Å². The second kappa shape index (κ2) is 6.62. The van der Waals surface area contributed by atoms with E-state index < -0.39 is 11.7 Å². The predicted octanol–water partition coefficient (Wildman–Crippen LogP) is 2.72. The van der Waals surface area contributed by atoms with Crippen molar-refractivity contribution in [1.29, 1.82) is 0 Å². The minimum atomic E-state index is -4.44. The number of carbonyl (C=O) groups excluding carboxylic acids is 1. The summed E-state index contributed by atoms with van der Waals surface area (Å²) in [4.78, 5) is 14.6. The fourth-order valence-corrected chi connectivity index (χ4v) is 2.23. The Morgan fingerprint density at radius 2 is 2.04 bits per heavy atom. The topological polar surface area (TPSA) is 74.8 Å². The molecule has 0 radical (unpaired) electrons. The number of carbonyl (C=O) groups is 1. The highest BCUT2D eigenvalue weighted by molar-refractivity contribution is 5.72. The fourth-order valence-electron chi connectivity index (χ4n) is 2.23. The lowest BCUT2D eigenvalue weighted by Crippen LogP contribution is -2.07. The number of aldehydes is 1. The molecule has 0 aliphatic heterocycles. The van der Waals surface area contributed by atoms with Crippen LogP contribution in [0, 0.1) is 6.92 Å². The Morgan fingerprint density at radius 3 is 2.62 bits per heavy atom. The van der Waals surface area contributed by atoms with Crippen molar-refractivity contribution in [2.24, 2.45) is 7.05 Å². The molecule has 0 fully saturated rings. The van der Waals surface area contributed by atoms with E-state index in [0.717, 1.165) is 12.3 Å². The van der Waals surface area contributed by atoms with E-state index in [9.17, 15) is 18.0 Å². The number of hydrogen-bond acceptors (Lipinski definition) is 5. The molecule has 0 spiro atoms. The van der Waals surface area contributed by atoms with E-state index in [1.165, 1.54) is 21.5 Å². The molecule has 3 aromatic rings. The summed E-state index contributed by atoms with van der Waals surface area (Å²) in [5, 5.41) is 8.28. The zero-order chi connectivity index (χ0) is 18.9. The molecule has 0 aliphatic carbocycles. The van der Waals surface area contributed by atoms with Crippen LogP contribution in [0.2, 0.25) is 0 Å². The van der Waals surface area contributed by atoms with E-state index in [1.807, 2.05) is 0 Å². The van der Waals surface area contributed by atoms with Gasteiger partial charge in [-0.05, 0) is 19.1 Å². The number of aryl methyl sites for hydroxylation is 2. The first-order valence-corrected chi connectivity index (χ1v) is 7.48. The van der Waals surface area contributed by atoms with Gasteiger partial charge in [0.2, 0.25) is 5.88 Å². The van der Waals surface area contributed by atoms with Crippen molar-refractivity contribution in [3.63, 3.8) is 0 Å². The Hall–Kier alpha value is -3.17. The van der Waals surface area contributed by atoms with Crippen molar-refractivity contribution in [1.82, 2.24) is 24.5 Å². The maximum absolute atomic E-state index is 12.6. The molecular weight excluding hydrogens is 351 g/mol. The van der Waals surface area contributed by atoms with Crippen LogP contribution >= 0.6 is 0 Å². The lowest BCUT2D eigenvalue weighted by Gasteiger charge is -2.06. The summed E-state index contributed by atoms with van der Waals surface area (Å²) in [6.45, 7) is 1.89. The third-order valence-electron chi connectivity index (χ3n) is 3.70. The Bertz CT molecular complexity index is 929. The monoisotopic (exact) mass is 365 g/mol. The minimum Gasteiger partial charge on any atom is -0.472 e. The fraction of sp³-hybridized carbons (Fsp3) is 0.250. The standard InChI is InChI=1S/C16H14F3N5O2/c1-10-11(9-26-15-5-13(8-25)23(2)22-15)7-24(21-10)14-4-3-12(6-20-14)16(17,18)19/h3-8H,9H2,1-2H3. The Balaban J connectivity index is 1.75. The first-order chi connectivity index (χ1) is 12.3. The van der Waals surface area contributed by atoms with Crippen LogP contribution in [-0.4, -0.2) is 30.8 Å². The van der Waals surface area contributed by atoms with Gasteiger partial charge in [0.05, 0.1) is 11.3 Å². The van der Waals surface area contributed by atoms with E-state index in [-0.39, 0.29) is 18.3 Å². The maximum atomic E-state index is 12.6. The molecule has 3 rings (SSSR count). The highest BCUT2D eigenvalue weighted by Gasteiger charge is 2.30. The number of alkyl halides is 3. The summed E-state index contributed by atoms with van der Waals surface area (Å²) in [5.41, 5.74) is 0.902. The lowest BCUT2D eigenvalue weighted by molar-refractivity contribution is -0.137. The minimum absolute atomic E-state index is 0.141. The van der Waals surface area contributed by atoms with Crippen molar-refractivity contribution in [2.45, 2.75) is 19.7 Å². The number of hydrogen-bond donors (Lipinski definition) is 0. The molecule has 0 N–H and O–H groups in total. The molecule has 10 heteroatoms. The summed E-state index contributed by atoms with van der Waals surface area (Å²) >= 11 is 0. The third-order valence-corrected chi connectivity index (χ3v) is 3.70. The van der Waals surface area contributed by atoms with Gasteiger partial charge in [-0.2, -0.15) is 18.3 Å². The number of aromatic nitrogens is 5. The Kier molecular flexibility index (Phi) is 4.49. The average molecular weight is 365 g/mol. The number of rotatable bonds is 5. The lowest BCUT2D eigenvalue weighted by atomic mass is 10.3. The van der Waals surface area contributed by atoms with Gasteiger partial charge in [-0.1, -0.05) is 0 Å². The van der Waals surface area contributed by atoms with Crippen LogP contribution < -0.4 is 4.74 Å². The molecule has 3 aromatic heterocycles. The van der Waals surface area contributed by atoms with E-state index in [4.69, 9.17) is 4.74 Å².